The van der Waals surface area contributed by atoms with Crippen molar-refractivity contribution in [3.8, 4) is 0 Å². The van der Waals surface area contributed by atoms with Gasteiger partial charge in [-0.3, -0.25) is 4.79 Å². The van der Waals surface area contributed by atoms with Gasteiger partial charge in [0.15, 0.2) is 0 Å². The number of thioether (sulfide) groups is 1. The summed E-state index contributed by atoms with van der Waals surface area (Å²) in [5, 5.41) is 12.3. The first-order valence-corrected chi connectivity index (χ1v) is 7.02. The van der Waals surface area contributed by atoms with Crippen LogP contribution in [0.2, 0.25) is 0 Å². The molecule has 0 aliphatic carbocycles. The van der Waals surface area contributed by atoms with E-state index in [1.54, 1.807) is 39.1 Å². The van der Waals surface area contributed by atoms with Crippen molar-refractivity contribution >= 4 is 23.6 Å². The van der Waals surface area contributed by atoms with Gasteiger partial charge in [0.1, 0.15) is 11.1 Å². The molecule has 0 aliphatic heterocycles. The van der Waals surface area contributed by atoms with Gasteiger partial charge in [-0.25, -0.2) is 9.78 Å². The van der Waals surface area contributed by atoms with Gasteiger partial charge in [-0.15, -0.1) is 11.8 Å². The summed E-state index contributed by atoms with van der Waals surface area (Å²) in [6.45, 7) is 5.31. The molecule has 0 spiro atoms. The van der Waals surface area contributed by atoms with E-state index in [0.717, 1.165) is 0 Å². The first-order chi connectivity index (χ1) is 8.77. The Morgan fingerprint density at radius 2 is 2.05 bits per heavy atom. The zero-order chi connectivity index (χ0) is 14.6. The molecule has 1 rings (SSSR count). The second kappa shape index (κ2) is 6.06. The lowest BCUT2D eigenvalue weighted by Crippen LogP contribution is -2.49. The second-order valence-electron chi connectivity index (χ2n) is 5.17. The number of aromatic nitrogens is 1. The lowest BCUT2D eigenvalue weighted by Gasteiger charge is -2.27. The van der Waals surface area contributed by atoms with Crippen LogP contribution in [0.1, 0.15) is 31.1 Å². The highest BCUT2D eigenvalue weighted by Gasteiger charge is 2.33. The number of carboxylic acid groups (broad SMARTS) is 1. The summed E-state index contributed by atoms with van der Waals surface area (Å²) in [6.07, 6.45) is 3.42. The van der Waals surface area contributed by atoms with Crippen molar-refractivity contribution in [3.63, 3.8) is 0 Å². The summed E-state index contributed by atoms with van der Waals surface area (Å²) < 4.78 is 0. The van der Waals surface area contributed by atoms with E-state index in [1.165, 1.54) is 11.8 Å². The molecule has 6 heteroatoms. The number of aliphatic carboxylic acids is 1. The number of hydrogen-bond acceptors (Lipinski definition) is 4. The molecule has 2 N–H and O–H groups in total. The van der Waals surface area contributed by atoms with E-state index in [4.69, 9.17) is 0 Å². The third kappa shape index (κ3) is 3.96. The number of carboxylic acids is 1. The summed E-state index contributed by atoms with van der Waals surface area (Å²) in [5.41, 5.74) is -0.172. The number of carbonyl (C=O) groups excluding carboxylic acids is 1. The number of carbonyl (C=O) groups is 2. The molecule has 0 saturated heterocycles. The van der Waals surface area contributed by atoms with Crippen molar-refractivity contribution in [1.82, 2.24) is 10.3 Å². The SMILES string of the molecule is CSc1ncccc1C(=O)N[C@@H](C(=O)O)C(C)(C)C. The third-order valence-electron chi connectivity index (χ3n) is 2.60. The lowest BCUT2D eigenvalue weighted by molar-refractivity contribution is -0.142. The van der Waals surface area contributed by atoms with Crippen LogP contribution in [0.25, 0.3) is 0 Å². The molecule has 0 radical (unpaired) electrons. The Bertz CT molecular complexity index is 483. The quantitative estimate of drug-likeness (QED) is 0.826. The molecular formula is C13H18N2O3S. The van der Waals surface area contributed by atoms with Gasteiger partial charge < -0.3 is 10.4 Å². The molecule has 0 bridgehead atoms. The van der Waals surface area contributed by atoms with E-state index < -0.39 is 23.3 Å². The van der Waals surface area contributed by atoms with E-state index in [2.05, 4.69) is 10.3 Å². The van der Waals surface area contributed by atoms with Crippen LogP contribution in [0.4, 0.5) is 0 Å². The largest absolute Gasteiger partial charge is 0.480 e. The number of nitrogens with zero attached hydrogens (tertiary/aromatic N) is 1. The van der Waals surface area contributed by atoms with Gasteiger partial charge in [0.2, 0.25) is 0 Å². The summed E-state index contributed by atoms with van der Waals surface area (Å²) >= 11 is 1.35. The fraction of sp³-hybridized carbons (Fsp3) is 0.462. The van der Waals surface area contributed by atoms with Gasteiger partial charge in [0, 0.05) is 6.20 Å². The Morgan fingerprint density at radius 3 is 2.53 bits per heavy atom. The molecule has 1 aromatic heterocycles. The topological polar surface area (TPSA) is 79.3 Å². The molecule has 104 valence electrons. The van der Waals surface area contributed by atoms with Crippen molar-refractivity contribution in [2.24, 2.45) is 5.41 Å². The first kappa shape index (κ1) is 15.5. The number of nitrogens with one attached hydrogen (secondary N) is 1. The Morgan fingerprint density at radius 1 is 1.42 bits per heavy atom. The van der Waals surface area contributed by atoms with Gasteiger partial charge in [-0.1, -0.05) is 20.8 Å². The van der Waals surface area contributed by atoms with Gasteiger partial charge in [0.05, 0.1) is 5.56 Å². The fourth-order valence-corrected chi connectivity index (χ4v) is 2.13. The van der Waals surface area contributed by atoms with Crippen molar-refractivity contribution in [2.75, 3.05) is 6.26 Å². The van der Waals surface area contributed by atoms with Gasteiger partial charge in [-0.05, 0) is 23.8 Å². The number of pyridine rings is 1. The average Bonchev–Trinajstić information content (AvgIpc) is 2.33. The molecule has 0 aliphatic rings. The molecule has 1 amide bonds. The maximum absolute atomic E-state index is 12.2. The molecule has 0 fully saturated rings. The normalized spacial score (nSPS) is 12.8. The van der Waals surface area contributed by atoms with Crippen molar-refractivity contribution < 1.29 is 14.7 Å². The van der Waals surface area contributed by atoms with Crippen LogP contribution in [0, 0.1) is 5.41 Å². The van der Waals surface area contributed by atoms with E-state index in [0.29, 0.717) is 10.6 Å². The molecule has 0 unspecified atom stereocenters. The number of hydrogen-bond donors (Lipinski definition) is 2. The first-order valence-electron chi connectivity index (χ1n) is 5.80. The fourth-order valence-electron chi connectivity index (χ4n) is 1.58. The molecule has 1 heterocycles. The second-order valence-corrected chi connectivity index (χ2v) is 5.97. The van der Waals surface area contributed by atoms with Crippen molar-refractivity contribution in [2.45, 2.75) is 31.8 Å². The van der Waals surface area contributed by atoms with Crippen LogP contribution in [0.3, 0.4) is 0 Å². The van der Waals surface area contributed by atoms with Crippen molar-refractivity contribution in [3.05, 3.63) is 23.9 Å². The molecular weight excluding hydrogens is 264 g/mol. The van der Waals surface area contributed by atoms with E-state index in [-0.39, 0.29) is 0 Å². The Kier molecular flexibility index (Phi) is 4.94. The van der Waals surface area contributed by atoms with Crippen molar-refractivity contribution in [1.29, 1.82) is 0 Å². The molecule has 1 aromatic rings. The minimum atomic E-state index is -1.05. The summed E-state index contributed by atoms with van der Waals surface area (Å²) in [5.74, 6) is -1.46. The van der Waals surface area contributed by atoms with Crippen LogP contribution < -0.4 is 5.32 Å². The standard InChI is InChI=1S/C13H18N2O3S/c1-13(2,3)9(12(17)18)15-10(16)8-6-5-7-14-11(8)19-4/h5-7,9H,1-4H3,(H,15,16)(H,17,18)/t9-/m0/s1. The molecule has 1 atom stereocenters. The summed E-state index contributed by atoms with van der Waals surface area (Å²) in [6, 6.07) is 2.34. The van der Waals surface area contributed by atoms with Crippen LogP contribution in [-0.2, 0) is 4.79 Å². The molecule has 0 aromatic carbocycles. The minimum absolute atomic E-state index is 0.394. The smallest absolute Gasteiger partial charge is 0.326 e. The van der Waals surface area contributed by atoms with Gasteiger partial charge in [-0.2, -0.15) is 0 Å². The maximum Gasteiger partial charge on any atom is 0.326 e. The highest BCUT2D eigenvalue weighted by molar-refractivity contribution is 7.98. The zero-order valence-electron chi connectivity index (χ0n) is 11.4. The Balaban J connectivity index is 2.98. The summed E-state index contributed by atoms with van der Waals surface area (Å²) in [7, 11) is 0. The van der Waals surface area contributed by atoms with E-state index >= 15 is 0 Å². The molecule has 0 saturated carbocycles. The Labute approximate surface area is 116 Å². The number of rotatable bonds is 4. The summed E-state index contributed by atoms with van der Waals surface area (Å²) in [4.78, 5) is 27.5. The highest BCUT2D eigenvalue weighted by Crippen LogP contribution is 2.21. The predicted octanol–water partition coefficient (Wildman–Crippen LogP) is 2.03. The molecule has 19 heavy (non-hydrogen) atoms. The van der Waals surface area contributed by atoms with E-state index in [9.17, 15) is 14.7 Å². The molecule has 5 nitrogen and oxygen atoms in total. The lowest BCUT2D eigenvalue weighted by atomic mass is 9.86. The van der Waals surface area contributed by atoms with Crippen LogP contribution in [0.15, 0.2) is 23.4 Å². The zero-order valence-corrected chi connectivity index (χ0v) is 12.2. The number of amides is 1. The van der Waals surface area contributed by atoms with Gasteiger partial charge in [0.25, 0.3) is 5.91 Å². The monoisotopic (exact) mass is 282 g/mol. The maximum atomic E-state index is 12.2. The third-order valence-corrected chi connectivity index (χ3v) is 3.31. The predicted molar refractivity (Wildman–Crippen MR) is 74.4 cm³/mol. The Hall–Kier alpha value is -1.56. The van der Waals surface area contributed by atoms with E-state index in [1.807, 2.05) is 6.26 Å². The van der Waals surface area contributed by atoms with Crippen LogP contribution >= 0.6 is 11.8 Å². The average molecular weight is 282 g/mol. The van der Waals surface area contributed by atoms with Gasteiger partial charge >= 0.3 is 5.97 Å². The van der Waals surface area contributed by atoms with Crippen LogP contribution in [-0.4, -0.2) is 34.3 Å². The van der Waals surface area contributed by atoms with Crippen LogP contribution in [0.5, 0.6) is 0 Å². The highest BCUT2D eigenvalue weighted by atomic mass is 32.2. The minimum Gasteiger partial charge on any atom is -0.480 e.